The monoisotopic (exact) mass is 485 g/mol. The number of hydrogen-bond acceptors (Lipinski definition) is 9. The Morgan fingerprint density at radius 1 is 1.09 bits per heavy atom. The molecule has 0 saturated heterocycles. The molecule has 0 heterocycles. The van der Waals surface area contributed by atoms with Crippen LogP contribution >= 0.6 is 0 Å². The van der Waals surface area contributed by atoms with E-state index in [0.717, 1.165) is 0 Å². The molecule has 1 fully saturated rings. The molecule has 11 nitrogen and oxygen atoms in total. The van der Waals surface area contributed by atoms with Gasteiger partial charge in [0.1, 0.15) is 22.8 Å². The zero-order chi connectivity index (χ0) is 26.1. The van der Waals surface area contributed by atoms with Crippen LogP contribution in [0.25, 0.3) is 5.76 Å². The highest BCUT2D eigenvalue weighted by Gasteiger charge is 2.60. The van der Waals surface area contributed by atoms with E-state index in [0.29, 0.717) is 11.3 Å². The summed E-state index contributed by atoms with van der Waals surface area (Å²) in [5, 5.41) is 44.2. The minimum absolute atomic E-state index is 0.0366. The number of aliphatic hydroxyl groups excluding tert-OH is 2. The predicted octanol–water partition coefficient (Wildman–Crippen LogP) is 0.192. The number of nitrogens with zero attached hydrogens (tertiary/aromatic N) is 2. The third-order valence-electron chi connectivity index (χ3n) is 7.16. The van der Waals surface area contributed by atoms with Crippen LogP contribution in [-0.2, 0) is 20.8 Å². The molecule has 35 heavy (non-hydrogen) atoms. The molecule has 1 saturated carbocycles. The minimum Gasteiger partial charge on any atom is -0.508 e. The first-order chi connectivity index (χ1) is 16.2. The van der Waals surface area contributed by atoms with E-state index in [9.17, 15) is 39.6 Å². The van der Waals surface area contributed by atoms with E-state index in [1.165, 1.54) is 25.1 Å². The summed E-state index contributed by atoms with van der Waals surface area (Å²) < 4.78 is 0. The van der Waals surface area contributed by atoms with Crippen LogP contribution < -0.4 is 10.6 Å². The molecule has 1 aromatic rings. The number of amides is 2. The van der Waals surface area contributed by atoms with Gasteiger partial charge in [-0.25, -0.2) is 0 Å². The number of benzene rings is 1. The van der Waals surface area contributed by atoms with Gasteiger partial charge in [0.2, 0.25) is 5.78 Å². The topological polar surface area (TPSA) is 182 Å². The summed E-state index contributed by atoms with van der Waals surface area (Å²) in [6.45, 7) is 0. The maximum absolute atomic E-state index is 13.6. The molecule has 0 spiro atoms. The number of aromatic hydroxyl groups is 1. The average Bonchev–Trinajstić information content (AvgIpc) is 2.75. The van der Waals surface area contributed by atoms with Gasteiger partial charge in [-0.15, -0.1) is 0 Å². The smallest absolute Gasteiger partial charge is 0.257 e. The summed E-state index contributed by atoms with van der Waals surface area (Å²) in [5.74, 6) is -7.64. The summed E-state index contributed by atoms with van der Waals surface area (Å²) in [4.78, 5) is 53.4. The van der Waals surface area contributed by atoms with Crippen LogP contribution in [0.1, 0.15) is 34.3 Å². The van der Waals surface area contributed by atoms with Crippen molar-refractivity contribution in [1.82, 2.24) is 4.90 Å². The molecule has 11 heteroatoms. The molecule has 3 aliphatic rings. The molecule has 6 N–H and O–H groups in total. The lowest BCUT2D eigenvalue weighted by atomic mass is 9.59. The van der Waals surface area contributed by atoms with E-state index in [4.69, 9.17) is 5.73 Å². The van der Waals surface area contributed by atoms with Gasteiger partial charge >= 0.3 is 0 Å². The van der Waals surface area contributed by atoms with Crippen LogP contribution in [0.4, 0.5) is 5.69 Å². The van der Waals surface area contributed by atoms with Crippen molar-refractivity contribution in [2.24, 2.45) is 17.6 Å². The van der Waals surface area contributed by atoms with Crippen molar-refractivity contribution in [2.45, 2.75) is 24.9 Å². The van der Waals surface area contributed by atoms with Crippen LogP contribution in [-0.4, -0.2) is 82.5 Å². The summed E-state index contributed by atoms with van der Waals surface area (Å²) in [6, 6.07) is 1.51. The number of phenolic OH excluding ortho intramolecular Hbond substituents is 1. The standard InChI is InChI=1S/C24H27N3O8/c1-26(2)13-8-12(23(34)27(3)4)18(29)16-11(13)6-9-5-10-7-14(28)17(22(25)33)21(32)24(10,35)20(31)15(9)19(16)30/h8-10,29-30,32,35H,5-7H2,1-4H3,(H2,25,33)/t9-,10+,24+/m1/s1. The maximum Gasteiger partial charge on any atom is 0.257 e. The van der Waals surface area contributed by atoms with Gasteiger partial charge in [0.25, 0.3) is 11.8 Å². The molecule has 1 aromatic carbocycles. The second kappa shape index (κ2) is 7.84. The van der Waals surface area contributed by atoms with Gasteiger partial charge in [0.15, 0.2) is 11.4 Å². The van der Waals surface area contributed by atoms with Crippen molar-refractivity contribution in [3.8, 4) is 5.75 Å². The van der Waals surface area contributed by atoms with Gasteiger partial charge in [0.05, 0.1) is 11.1 Å². The van der Waals surface area contributed by atoms with E-state index in [2.05, 4.69) is 0 Å². The molecule has 4 rings (SSSR count). The number of primary amides is 1. The van der Waals surface area contributed by atoms with E-state index >= 15 is 0 Å². The third kappa shape index (κ3) is 3.22. The fourth-order valence-corrected chi connectivity index (χ4v) is 5.47. The number of hydrogen-bond donors (Lipinski definition) is 5. The van der Waals surface area contributed by atoms with Crippen LogP contribution in [0.15, 0.2) is 23.0 Å². The number of fused-ring (bicyclic) bond motifs is 3. The Hall–Kier alpha value is -3.86. The number of nitrogens with two attached hydrogens (primary N) is 1. The SMILES string of the molecule is CN(C)C(=O)c1cc(N(C)C)c2c(c1O)C(O)=C1C(=O)[C@]3(O)C(O)=C(C(N)=O)C(=O)C[C@@H]3C[C@@H]1C2. The molecular formula is C24H27N3O8. The highest BCUT2D eigenvalue weighted by molar-refractivity contribution is 6.22. The maximum atomic E-state index is 13.6. The number of phenols is 1. The second-order valence-electron chi connectivity index (χ2n) is 9.65. The van der Waals surface area contributed by atoms with Gasteiger partial charge in [-0.2, -0.15) is 0 Å². The van der Waals surface area contributed by atoms with Crippen molar-refractivity contribution < 1.29 is 39.6 Å². The van der Waals surface area contributed by atoms with E-state index in [1.807, 2.05) is 0 Å². The van der Waals surface area contributed by atoms with Gasteiger partial charge in [-0.3, -0.25) is 19.2 Å². The first kappa shape index (κ1) is 24.3. The summed E-state index contributed by atoms with van der Waals surface area (Å²) in [7, 11) is 6.46. The van der Waals surface area contributed by atoms with Crippen LogP contribution in [0.5, 0.6) is 5.75 Å². The fourth-order valence-electron chi connectivity index (χ4n) is 5.47. The Morgan fingerprint density at radius 3 is 2.26 bits per heavy atom. The lowest BCUT2D eigenvalue weighted by Gasteiger charge is -2.46. The number of aliphatic hydroxyl groups is 3. The predicted molar refractivity (Wildman–Crippen MR) is 124 cm³/mol. The molecule has 0 bridgehead atoms. The Balaban J connectivity index is 1.99. The summed E-state index contributed by atoms with van der Waals surface area (Å²) in [6.07, 6.45) is -0.190. The molecule has 186 valence electrons. The zero-order valence-electron chi connectivity index (χ0n) is 19.7. The first-order valence-electron chi connectivity index (χ1n) is 11.0. The zero-order valence-corrected chi connectivity index (χ0v) is 19.7. The number of carbonyl (C=O) groups excluding carboxylic acids is 4. The van der Waals surface area contributed by atoms with Crippen LogP contribution in [0.2, 0.25) is 0 Å². The Morgan fingerprint density at radius 2 is 1.71 bits per heavy atom. The number of rotatable bonds is 3. The highest BCUT2D eigenvalue weighted by Crippen LogP contribution is 2.53. The Labute approximate surface area is 200 Å². The quantitative estimate of drug-likeness (QED) is 0.373. The van der Waals surface area contributed by atoms with Crippen molar-refractivity contribution in [3.63, 3.8) is 0 Å². The molecular weight excluding hydrogens is 458 g/mol. The van der Waals surface area contributed by atoms with Crippen LogP contribution in [0.3, 0.4) is 0 Å². The summed E-state index contributed by atoms with van der Waals surface area (Å²) >= 11 is 0. The lowest BCUT2D eigenvalue weighted by Crippen LogP contribution is -2.58. The van der Waals surface area contributed by atoms with Gasteiger partial charge in [-0.05, 0) is 30.4 Å². The summed E-state index contributed by atoms with van der Waals surface area (Å²) in [5.41, 5.74) is 2.29. The van der Waals surface area contributed by atoms with E-state index in [1.54, 1.807) is 19.0 Å². The van der Waals surface area contributed by atoms with Gasteiger partial charge in [-0.1, -0.05) is 0 Å². The molecule has 0 radical (unpaired) electrons. The molecule has 0 aromatic heterocycles. The highest BCUT2D eigenvalue weighted by atomic mass is 16.3. The third-order valence-corrected chi connectivity index (χ3v) is 7.16. The largest absolute Gasteiger partial charge is 0.508 e. The first-order valence-corrected chi connectivity index (χ1v) is 11.0. The van der Waals surface area contributed by atoms with Crippen molar-refractivity contribution in [2.75, 3.05) is 33.1 Å². The number of ketones is 2. The molecule has 3 atom stereocenters. The van der Waals surface area contributed by atoms with Gasteiger partial charge < -0.3 is 36.0 Å². The molecule has 0 unspecified atom stereocenters. The minimum atomic E-state index is -2.63. The molecule has 0 aliphatic heterocycles. The van der Waals surface area contributed by atoms with E-state index in [-0.39, 0.29) is 36.0 Å². The fraction of sp³-hybridized carbons (Fsp3) is 0.417. The van der Waals surface area contributed by atoms with Crippen molar-refractivity contribution in [3.05, 3.63) is 39.7 Å². The number of Topliss-reactive ketones (excluding diaryl/α,β-unsaturated/α-hetero) is 2. The normalized spacial score (nSPS) is 25.6. The lowest BCUT2D eigenvalue weighted by molar-refractivity contribution is -0.147. The Bertz CT molecular complexity index is 1280. The van der Waals surface area contributed by atoms with Gasteiger partial charge in [0, 0.05) is 51.8 Å². The Kier molecular flexibility index (Phi) is 5.44. The van der Waals surface area contributed by atoms with Crippen LogP contribution in [0, 0.1) is 11.8 Å². The van der Waals surface area contributed by atoms with E-state index < -0.39 is 63.7 Å². The van der Waals surface area contributed by atoms with Crippen molar-refractivity contribution in [1.29, 1.82) is 0 Å². The second-order valence-corrected chi connectivity index (χ2v) is 9.65. The average molecular weight is 485 g/mol. The molecule has 2 amide bonds. The number of carbonyl (C=O) groups is 4. The number of anilines is 1. The van der Waals surface area contributed by atoms with Crippen molar-refractivity contribution >= 4 is 34.8 Å². The molecule has 3 aliphatic carbocycles.